The molecule has 2 amide bonds. The highest BCUT2D eigenvalue weighted by Gasteiger charge is 2.33. The lowest BCUT2D eigenvalue weighted by molar-refractivity contribution is -0.384. The number of hydrogen-bond acceptors (Lipinski definition) is 7. The number of carbonyl (C=O) groups is 2. The maximum atomic E-state index is 13.6. The molecule has 1 atom stereocenters. The predicted octanol–water partition coefficient (Wildman–Crippen LogP) is 2.62. The molecule has 1 N–H and O–H groups in total. The lowest BCUT2D eigenvalue weighted by Gasteiger charge is -2.33. The van der Waals surface area contributed by atoms with Crippen LogP contribution in [-0.4, -0.2) is 62.6 Å². The van der Waals surface area contributed by atoms with Crippen molar-refractivity contribution in [1.82, 2.24) is 10.2 Å². The first-order valence-electron chi connectivity index (χ1n) is 11.4. The van der Waals surface area contributed by atoms with E-state index >= 15 is 0 Å². The molecule has 12 heteroatoms. The monoisotopic (exact) mass is 520 g/mol. The SMILES string of the molecule is CCNC(=O)[C@@H](CC)N(Cc1ccc(C)cc1)C(=O)CN(c1cc([N+](=O)[O-])ccc1OC)S(C)(=O)=O. The second kappa shape index (κ2) is 12.3. The van der Waals surface area contributed by atoms with Gasteiger partial charge in [-0.25, -0.2) is 8.42 Å². The van der Waals surface area contributed by atoms with E-state index in [0.717, 1.165) is 27.8 Å². The maximum absolute atomic E-state index is 13.6. The number of sulfonamides is 1. The van der Waals surface area contributed by atoms with Crippen LogP contribution in [0.25, 0.3) is 0 Å². The van der Waals surface area contributed by atoms with Crippen LogP contribution in [0.4, 0.5) is 11.4 Å². The third kappa shape index (κ3) is 7.17. The van der Waals surface area contributed by atoms with Crippen molar-refractivity contribution >= 4 is 33.2 Å². The molecule has 0 radical (unpaired) electrons. The number of nitro groups is 1. The van der Waals surface area contributed by atoms with Gasteiger partial charge in [-0.2, -0.15) is 0 Å². The smallest absolute Gasteiger partial charge is 0.271 e. The van der Waals surface area contributed by atoms with E-state index in [9.17, 15) is 28.1 Å². The zero-order valence-corrected chi connectivity index (χ0v) is 21.9. The fourth-order valence-electron chi connectivity index (χ4n) is 3.68. The average molecular weight is 521 g/mol. The second-order valence-corrected chi connectivity index (χ2v) is 10.1. The first kappa shape index (κ1) is 28.6. The molecular weight excluding hydrogens is 488 g/mol. The van der Waals surface area contributed by atoms with Gasteiger partial charge in [0.1, 0.15) is 24.0 Å². The van der Waals surface area contributed by atoms with Crippen LogP contribution >= 0.6 is 0 Å². The minimum absolute atomic E-state index is 0.0414. The number of methoxy groups -OCH3 is 1. The number of carbonyl (C=O) groups excluding carboxylic acids is 2. The van der Waals surface area contributed by atoms with Gasteiger partial charge >= 0.3 is 0 Å². The summed E-state index contributed by atoms with van der Waals surface area (Å²) in [7, 11) is -2.79. The summed E-state index contributed by atoms with van der Waals surface area (Å²) in [5, 5.41) is 14.0. The highest BCUT2D eigenvalue weighted by atomic mass is 32.2. The lowest BCUT2D eigenvalue weighted by atomic mass is 10.1. The summed E-state index contributed by atoms with van der Waals surface area (Å²) in [5.41, 5.74) is 1.27. The Labute approximate surface area is 211 Å². The minimum Gasteiger partial charge on any atom is -0.495 e. The Kier molecular flexibility index (Phi) is 9.79. The van der Waals surface area contributed by atoms with Crippen molar-refractivity contribution in [3.8, 4) is 5.75 Å². The quantitative estimate of drug-likeness (QED) is 0.335. The second-order valence-electron chi connectivity index (χ2n) is 8.21. The molecule has 0 saturated heterocycles. The Morgan fingerprint density at radius 2 is 1.78 bits per heavy atom. The molecule has 0 saturated carbocycles. The number of rotatable bonds is 12. The largest absolute Gasteiger partial charge is 0.495 e. The molecule has 36 heavy (non-hydrogen) atoms. The maximum Gasteiger partial charge on any atom is 0.271 e. The number of amides is 2. The summed E-state index contributed by atoms with van der Waals surface area (Å²) in [6.45, 7) is 5.19. The molecule has 0 fully saturated rings. The van der Waals surface area contributed by atoms with Gasteiger partial charge in [0.15, 0.2) is 0 Å². The topological polar surface area (TPSA) is 139 Å². The van der Waals surface area contributed by atoms with E-state index in [1.54, 1.807) is 13.8 Å². The fraction of sp³-hybridized carbons (Fsp3) is 0.417. The number of likely N-dealkylation sites (N-methyl/N-ethyl adjacent to an activating group) is 1. The Balaban J connectivity index is 2.54. The number of nitrogens with zero attached hydrogens (tertiary/aromatic N) is 3. The first-order chi connectivity index (χ1) is 16.9. The van der Waals surface area contributed by atoms with Gasteiger partial charge in [0.25, 0.3) is 5.69 Å². The van der Waals surface area contributed by atoms with Crippen LogP contribution in [0.1, 0.15) is 31.4 Å². The van der Waals surface area contributed by atoms with Crippen molar-refractivity contribution in [2.24, 2.45) is 0 Å². The molecule has 0 spiro atoms. The van der Waals surface area contributed by atoms with Gasteiger partial charge in [0.05, 0.1) is 18.3 Å². The van der Waals surface area contributed by atoms with Crippen molar-refractivity contribution < 1.29 is 27.7 Å². The summed E-state index contributed by atoms with van der Waals surface area (Å²) in [6.07, 6.45) is 1.19. The highest BCUT2D eigenvalue weighted by molar-refractivity contribution is 7.92. The van der Waals surface area contributed by atoms with Crippen LogP contribution in [0.3, 0.4) is 0 Å². The van der Waals surface area contributed by atoms with Crippen LogP contribution in [-0.2, 0) is 26.2 Å². The molecule has 2 rings (SSSR count). The van der Waals surface area contributed by atoms with E-state index in [1.165, 1.54) is 24.1 Å². The van der Waals surface area contributed by atoms with Crippen LogP contribution in [0.15, 0.2) is 42.5 Å². The van der Waals surface area contributed by atoms with Crippen molar-refractivity contribution in [2.75, 3.05) is 30.8 Å². The van der Waals surface area contributed by atoms with E-state index in [0.29, 0.717) is 13.0 Å². The normalized spacial score (nSPS) is 11.9. The molecule has 2 aromatic carbocycles. The van der Waals surface area contributed by atoms with Crippen LogP contribution < -0.4 is 14.4 Å². The van der Waals surface area contributed by atoms with Gasteiger partial charge in [-0.3, -0.25) is 24.0 Å². The van der Waals surface area contributed by atoms with Crippen molar-refractivity contribution in [3.05, 3.63) is 63.7 Å². The van der Waals surface area contributed by atoms with E-state index in [4.69, 9.17) is 4.74 Å². The van der Waals surface area contributed by atoms with Crippen LogP contribution in [0.2, 0.25) is 0 Å². The number of hydrogen-bond donors (Lipinski definition) is 1. The molecule has 0 unspecified atom stereocenters. The Morgan fingerprint density at radius 3 is 2.28 bits per heavy atom. The number of nitro benzene ring substituents is 1. The van der Waals surface area contributed by atoms with Crippen LogP contribution in [0.5, 0.6) is 5.75 Å². The summed E-state index contributed by atoms with van der Waals surface area (Å²) in [6, 6.07) is 10.0. The number of benzene rings is 2. The Bertz CT molecular complexity index is 1200. The summed E-state index contributed by atoms with van der Waals surface area (Å²) >= 11 is 0. The van der Waals surface area contributed by atoms with Crippen molar-refractivity contribution in [2.45, 2.75) is 39.8 Å². The molecule has 0 aliphatic carbocycles. The lowest BCUT2D eigenvalue weighted by Crippen LogP contribution is -2.52. The molecule has 0 aliphatic rings. The summed E-state index contributed by atoms with van der Waals surface area (Å²) < 4.78 is 31.5. The van der Waals surface area contributed by atoms with Crippen molar-refractivity contribution in [3.63, 3.8) is 0 Å². The van der Waals surface area contributed by atoms with Gasteiger partial charge < -0.3 is 15.0 Å². The molecule has 11 nitrogen and oxygen atoms in total. The zero-order valence-electron chi connectivity index (χ0n) is 21.1. The Morgan fingerprint density at radius 1 is 1.14 bits per heavy atom. The average Bonchev–Trinajstić information content (AvgIpc) is 2.82. The van der Waals surface area contributed by atoms with E-state index in [2.05, 4.69) is 5.32 Å². The predicted molar refractivity (Wildman–Crippen MR) is 136 cm³/mol. The molecule has 0 aliphatic heterocycles. The molecular formula is C24H32N4O7S. The van der Waals surface area contributed by atoms with E-state index in [-0.39, 0.29) is 29.6 Å². The molecule has 2 aromatic rings. The summed E-state index contributed by atoms with van der Waals surface area (Å²) in [4.78, 5) is 38.4. The standard InChI is InChI=1S/C24H32N4O7S/c1-6-20(24(30)25-7-2)26(15-18-10-8-17(3)9-11-18)23(29)16-27(36(5,33)34)21-14-19(28(31)32)12-13-22(21)35-4/h8-14,20H,6-7,15-16H2,1-5H3,(H,25,30)/t20-/m1/s1. The molecule has 0 bridgehead atoms. The molecule has 0 heterocycles. The fourth-order valence-corrected chi connectivity index (χ4v) is 4.53. The third-order valence-corrected chi connectivity index (χ3v) is 6.66. The number of nitrogens with one attached hydrogen (secondary N) is 1. The van der Waals surface area contributed by atoms with Crippen LogP contribution in [0, 0.1) is 17.0 Å². The third-order valence-electron chi connectivity index (χ3n) is 5.53. The van der Waals surface area contributed by atoms with Crippen molar-refractivity contribution in [1.29, 1.82) is 0 Å². The first-order valence-corrected chi connectivity index (χ1v) is 13.2. The van der Waals surface area contributed by atoms with Gasteiger partial charge in [0, 0.05) is 25.2 Å². The number of anilines is 1. The number of ether oxygens (including phenoxy) is 1. The van der Waals surface area contributed by atoms with Gasteiger partial charge in [0.2, 0.25) is 21.8 Å². The number of aryl methyl sites for hydroxylation is 1. The molecule has 0 aromatic heterocycles. The van der Waals surface area contributed by atoms with Gasteiger partial charge in [-0.15, -0.1) is 0 Å². The van der Waals surface area contributed by atoms with Gasteiger partial charge in [-0.1, -0.05) is 36.8 Å². The molecule has 196 valence electrons. The minimum atomic E-state index is -4.08. The van der Waals surface area contributed by atoms with E-state index in [1.807, 2.05) is 31.2 Å². The Hall–Kier alpha value is -3.67. The van der Waals surface area contributed by atoms with Gasteiger partial charge in [-0.05, 0) is 31.9 Å². The zero-order chi connectivity index (χ0) is 27.0. The summed E-state index contributed by atoms with van der Waals surface area (Å²) in [5.74, 6) is -0.966. The highest BCUT2D eigenvalue weighted by Crippen LogP contribution is 2.34. The van der Waals surface area contributed by atoms with E-state index < -0.39 is 33.4 Å². The number of non-ortho nitro benzene ring substituents is 1.